The molecule has 1 aliphatic heterocycles. The minimum absolute atomic E-state index is 0.168. The number of hydrogen-bond acceptors (Lipinski definition) is 4. The Kier molecular flexibility index (Phi) is 3.81. The highest BCUT2D eigenvalue weighted by Gasteiger charge is 2.29. The zero-order valence-electron chi connectivity index (χ0n) is 10.6. The molecule has 0 amide bonds. The third-order valence-corrected chi connectivity index (χ3v) is 3.67. The Balaban J connectivity index is 2.08. The van der Waals surface area contributed by atoms with Gasteiger partial charge >= 0.3 is 0 Å². The number of nitrogens with two attached hydrogens (primary N) is 1. The van der Waals surface area contributed by atoms with Gasteiger partial charge in [0.15, 0.2) is 0 Å². The van der Waals surface area contributed by atoms with Crippen molar-refractivity contribution in [2.75, 3.05) is 19.6 Å². The van der Waals surface area contributed by atoms with Crippen molar-refractivity contribution in [2.45, 2.75) is 25.5 Å². The summed E-state index contributed by atoms with van der Waals surface area (Å²) in [6.45, 7) is 4.49. The van der Waals surface area contributed by atoms with E-state index in [-0.39, 0.29) is 12.1 Å². The molecule has 0 spiro atoms. The van der Waals surface area contributed by atoms with E-state index in [1.807, 2.05) is 19.4 Å². The molecule has 0 radical (unpaired) electrons. The molecule has 5 nitrogen and oxygen atoms in total. The van der Waals surface area contributed by atoms with E-state index in [9.17, 15) is 5.11 Å². The van der Waals surface area contributed by atoms with Gasteiger partial charge in [0.25, 0.3) is 0 Å². The summed E-state index contributed by atoms with van der Waals surface area (Å²) >= 11 is 0. The quantitative estimate of drug-likeness (QED) is 0.785. The standard InChI is InChI=1S/C12H22N4O/c1-9-7-16(4-3-12(9)17)11(5-13)10-6-14-15(2)8-10/h6,8-9,11-12,17H,3-5,7,13H2,1-2H3. The van der Waals surface area contributed by atoms with Crippen molar-refractivity contribution in [3.63, 3.8) is 0 Å². The van der Waals surface area contributed by atoms with Crippen LogP contribution in [-0.2, 0) is 7.05 Å². The Labute approximate surface area is 102 Å². The molecule has 2 heterocycles. The summed E-state index contributed by atoms with van der Waals surface area (Å²) in [5, 5.41) is 13.9. The molecule has 1 aliphatic rings. The van der Waals surface area contributed by atoms with Crippen LogP contribution in [0.5, 0.6) is 0 Å². The van der Waals surface area contributed by atoms with Gasteiger partial charge in [0.1, 0.15) is 0 Å². The molecule has 1 saturated heterocycles. The Bertz CT molecular complexity index is 365. The largest absolute Gasteiger partial charge is 0.393 e. The van der Waals surface area contributed by atoms with Gasteiger partial charge in [-0.2, -0.15) is 5.10 Å². The van der Waals surface area contributed by atoms with Gasteiger partial charge in [0.2, 0.25) is 0 Å². The molecule has 5 heteroatoms. The van der Waals surface area contributed by atoms with Crippen molar-refractivity contribution in [3.05, 3.63) is 18.0 Å². The van der Waals surface area contributed by atoms with Crippen LogP contribution in [0.15, 0.2) is 12.4 Å². The van der Waals surface area contributed by atoms with Gasteiger partial charge in [-0.05, 0) is 12.3 Å². The van der Waals surface area contributed by atoms with Crippen LogP contribution < -0.4 is 5.73 Å². The second kappa shape index (κ2) is 5.16. The van der Waals surface area contributed by atoms with Crippen molar-refractivity contribution >= 4 is 0 Å². The minimum atomic E-state index is -0.168. The van der Waals surface area contributed by atoms with Crippen molar-refractivity contribution in [1.29, 1.82) is 0 Å². The van der Waals surface area contributed by atoms with Gasteiger partial charge in [-0.15, -0.1) is 0 Å². The highest BCUT2D eigenvalue weighted by molar-refractivity contribution is 5.11. The predicted molar refractivity (Wildman–Crippen MR) is 66.4 cm³/mol. The average molecular weight is 238 g/mol. The zero-order valence-corrected chi connectivity index (χ0v) is 10.6. The van der Waals surface area contributed by atoms with Crippen LogP contribution in [0.2, 0.25) is 0 Å². The predicted octanol–water partition coefficient (Wildman–Crippen LogP) is 0.123. The SMILES string of the molecule is CC1CN(C(CN)c2cnn(C)c2)CCC1O. The van der Waals surface area contributed by atoms with Gasteiger partial charge in [0, 0.05) is 38.4 Å². The van der Waals surface area contributed by atoms with Gasteiger partial charge in [-0.25, -0.2) is 0 Å². The third-order valence-electron chi connectivity index (χ3n) is 3.67. The van der Waals surface area contributed by atoms with E-state index in [4.69, 9.17) is 5.73 Å². The van der Waals surface area contributed by atoms with E-state index in [2.05, 4.69) is 16.9 Å². The van der Waals surface area contributed by atoms with Crippen LogP contribution in [0.4, 0.5) is 0 Å². The second-order valence-corrected chi connectivity index (χ2v) is 5.03. The number of nitrogens with zero attached hydrogens (tertiary/aromatic N) is 3. The normalized spacial score (nSPS) is 28.2. The third kappa shape index (κ3) is 2.68. The number of aromatic nitrogens is 2. The van der Waals surface area contributed by atoms with Crippen LogP contribution >= 0.6 is 0 Å². The smallest absolute Gasteiger partial charge is 0.0590 e. The van der Waals surface area contributed by atoms with Crippen LogP contribution in [0.25, 0.3) is 0 Å². The van der Waals surface area contributed by atoms with Crippen molar-refractivity contribution < 1.29 is 5.11 Å². The van der Waals surface area contributed by atoms with E-state index >= 15 is 0 Å². The number of hydrogen-bond donors (Lipinski definition) is 2. The van der Waals surface area contributed by atoms with E-state index in [1.165, 1.54) is 5.56 Å². The maximum absolute atomic E-state index is 9.75. The van der Waals surface area contributed by atoms with E-state index < -0.39 is 0 Å². The van der Waals surface area contributed by atoms with Crippen molar-refractivity contribution in [1.82, 2.24) is 14.7 Å². The maximum atomic E-state index is 9.75. The fourth-order valence-corrected chi connectivity index (χ4v) is 2.56. The number of aryl methyl sites for hydroxylation is 1. The highest BCUT2D eigenvalue weighted by Crippen LogP contribution is 2.25. The van der Waals surface area contributed by atoms with Crippen molar-refractivity contribution in [2.24, 2.45) is 18.7 Å². The lowest BCUT2D eigenvalue weighted by Gasteiger charge is -2.38. The summed E-state index contributed by atoms with van der Waals surface area (Å²) in [5.41, 5.74) is 7.05. The van der Waals surface area contributed by atoms with Gasteiger partial charge in [0.05, 0.1) is 18.3 Å². The summed E-state index contributed by atoms with van der Waals surface area (Å²) < 4.78 is 1.81. The number of aliphatic hydroxyl groups is 1. The fraction of sp³-hybridized carbons (Fsp3) is 0.750. The Morgan fingerprint density at radius 3 is 2.94 bits per heavy atom. The van der Waals surface area contributed by atoms with Crippen molar-refractivity contribution in [3.8, 4) is 0 Å². The van der Waals surface area contributed by atoms with Crippen LogP contribution in [0, 0.1) is 5.92 Å². The molecule has 0 bridgehead atoms. The topological polar surface area (TPSA) is 67.3 Å². The average Bonchev–Trinajstić information content (AvgIpc) is 2.71. The molecular weight excluding hydrogens is 216 g/mol. The molecular formula is C12H22N4O. The summed E-state index contributed by atoms with van der Waals surface area (Å²) in [5.74, 6) is 0.314. The Morgan fingerprint density at radius 1 is 1.65 bits per heavy atom. The Morgan fingerprint density at radius 2 is 2.41 bits per heavy atom. The minimum Gasteiger partial charge on any atom is -0.393 e. The second-order valence-electron chi connectivity index (χ2n) is 5.03. The molecule has 3 unspecified atom stereocenters. The van der Waals surface area contributed by atoms with E-state index in [0.717, 1.165) is 19.5 Å². The van der Waals surface area contributed by atoms with Crippen LogP contribution in [0.1, 0.15) is 24.9 Å². The lowest BCUT2D eigenvalue weighted by Crippen LogP contribution is -2.45. The summed E-state index contributed by atoms with van der Waals surface area (Å²) in [4.78, 5) is 2.36. The van der Waals surface area contributed by atoms with E-state index in [0.29, 0.717) is 12.5 Å². The number of aliphatic hydroxyl groups excluding tert-OH is 1. The van der Waals surface area contributed by atoms with Crippen LogP contribution in [-0.4, -0.2) is 45.5 Å². The molecule has 1 aromatic rings. The van der Waals surface area contributed by atoms with Gasteiger partial charge < -0.3 is 10.8 Å². The summed E-state index contributed by atoms with van der Waals surface area (Å²) in [6, 6.07) is 0.221. The molecule has 1 aromatic heterocycles. The molecule has 17 heavy (non-hydrogen) atoms. The molecule has 2 rings (SSSR count). The number of likely N-dealkylation sites (tertiary alicyclic amines) is 1. The molecule has 3 atom stereocenters. The molecule has 0 aliphatic carbocycles. The first-order valence-electron chi connectivity index (χ1n) is 6.22. The molecule has 96 valence electrons. The first-order chi connectivity index (χ1) is 8.11. The lowest BCUT2D eigenvalue weighted by atomic mass is 9.94. The molecule has 0 aromatic carbocycles. The molecule has 1 fully saturated rings. The Hall–Kier alpha value is -0.910. The van der Waals surface area contributed by atoms with E-state index in [1.54, 1.807) is 4.68 Å². The number of piperidine rings is 1. The maximum Gasteiger partial charge on any atom is 0.0590 e. The lowest BCUT2D eigenvalue weighted by molar-refractivity contribution is 0.0181. The molecule has 3 N–H and O–H groups in total. The van der Waals surface area contributed by atoms with Gasteiger partial charge in [-0.1, -0.05) is 6.92 Å². The number of rotatable bonds is 3. The summed E-state index contributed by atoms with van der Waals surface area (Å²) in [7, 11) is 1.92. The fourth-order valence-electron chi connectivity index (χ4n) is 2.56. The monoisotopic (exact) mass is 238 g/mol. The van der Waals surface area contributed by atoms with Gasteiger partial charge in [-0.3, -0.25) is 9.58 Å². The zero-order chi connectivity index (χ0) is 12.4. The first-order valence-corrected chi connectivity index (χ1v) is 6.22. The molecule has 0 saturated carbocycles. The highest BCUT2D eigenvalue weighted by atomic mass is 16.3. The first kappa shape index (κ1) is 12.5. The summed E-state index contributed by atoms with van der Waals surface area (Å²) in [6.07, 6.45) is 4.57. The van der Waals surface area contributed by atoms with Crippen LogP contribution in [0.3, 0.4) is 0 Å².